The average molecular weight is 278 g/mol. The third-order valence-electron chi connectivity index (χ3n) is 4.12. The third-order valence-corrected chi connectivity index (χ3v) is 4.12. The predicted octanol–water partition coefficient (Wildman–Crippen LogP) is 1.61. The lowest BCUT2D eigenvalue weighted by Crippen LogP contribution is -2.44. The third kappa shape index (κ3) is 3.60. The first kappa shape index (κ1) is 15.0. The number of likely N-dealkylation sites (tertiary alicyclic amines) is 1. The highest BCUT2D eigenvalue weighted by atomic mass is 16.2. The first-order valence-electron chi connectivity index (χ1n) is 7.58. The quantitative estimate of drug-likeness (QED) is 0.890. The van der Waals surface area contributed by atoms with Crippen molar-refractivity contribution in [1.29, 1.82) is 0 Å². The van der Waals surface area contributed by atoms with Crippen LogP contribution < -0.4 is 5.32 Å². The van der Waals surface area contributed by atoms with Gasteiger partial charge in [-0.2, -0.15) is 0 Å². The molecule has 5 heteroatoms. The zero-order valence-corrected chi connectivity index (χ0v) is 12.8. The molecule has 0 spiro atoms. The van der Waals surface area contributed by atoms with E-state index in [-0.39, 0.29) is 5.91 Å². The number of rotatable bonds is 5. The van der Waals surface area contributed by atoms with Gasteiger partial charge in [0.15, 0.2) is 0 Å². The second-order valence-corrected chi connectivity index (χ2v) is 5.79. The van der Waals surface area contributed by atoms with Gasteiger partial charge in [-0.15, -0.1) is 0 Å². The van der Waals surface area contributed by atoms with Crippen LogP contribution in [0, 0.1) is 0 Å². The number of imidazole rings is 1. The fourth-order valence-electron chi connectivity index (χ4n) is 2.80. The molecule has 1 fully saturated rings. The van der Waals surface area contributed by atoms with Crippen LogP contribution in [0.5, 0.6) is 0 Å². The number of hydrogen-bond acceptors (Lipinski definition) is 3. The molecule has 1 aromatic heterocycles. The lowest BCUT2D eigenvalue weighted by Gasteiger charge is -2.31. The maximum Gasteiger partial charge on any atom is 0.223 e. The molecule has 20 heavy (non-hydrogen) atoms. The maximum atomic E-state index is 12.2. The standard InChI is InChI=1S/C15H26N4O/c1-12(2)19-11-8-17-14(19)4-5-15(20)18-9-6-13(16-3)7-10-18/h8,11-13,16H,4-7,9-10H2,1-3H3. The van der Waals surface area contributed by atoms with Crippen LogP contribution in [0.4, 0.5) is 0 Å². The summed E-state index contributed by atoms with van der Waals surface area (Å²) in [5.74, 6) is 1.27. The summed E-state index contributed by atoms with van der Waals surface area (Å²) in [4.78, 5) is 18.6. The van der Waals surface area contributed by atoms with Gasteiger partial charge >= 0.3 is 0 Å². The molecule has 0 atom stereocenters. The Bertz CT molecular complexity index is 433. The maximum absolute atomic E-state index is 12.2. The molecule has 0 bridgehead atoms. The smallest absolute Gasteiger partial charge is 0.223 e. The monoisotopic (exact) mass is 278 g/mol. The van der Waals surface area contributed by atoms with Gasteiger partial charge < -0.3 is 14.8 Å². The topological polar surface area (TPSA) is 50.2 Å². The minimum absolute atomic E-state index is 0.262. The summed E-state index contributed by atoms with van der Waals surface area (Å²) in [5, 5.41) is 3.29. The first-order valence-corrected chi connectivity index (χ1v) is 7.58. The molecule has 1 aliphatic rings. The zero-order chi connectivity index (χ0) is 14.5. The number of hydrogen-bond donors (Lipinski definition) is 1. The molecule has 0 aromatic carbocycles. The predicted molar refractivity (Wildman–Crippen MR) is 79.6 cm³/mol. The summed E-state index contributed by atoms with van der Waals surface area (Å²) in [6, 6.07) is 0.966. The van der Waals surface area contributed by atoms with E-state index >= 15 is 0 Å². The van der Waals surface area contributed by atoms with Crippen LogP contribution in [0.1, 0.15) is 45.0 Å². The number of piperidine rings is 1. The first-order chi connectivity index (χ1) is 9.61. The van der Waals surface area contributed by atoms with Crippen molar-refractivity contribution in [3.05, 3.63) is 18.2 Å². The molecule has 1 amide bonds. The molecule has 0 aliphatic carbocycles. The molecule has 5 nitrogen and oxygen atoms in total. The van der Waals surface area contributed by atoms with Crippen molar-refractivity contribution < 1.29 is 4.79 Å². The molecular weight excluding hydrogens is 252 g/mol. The molecule has 0 unspecified atom stereocenters. The lowest BCUT2D eigenvalue weighted by molar-refractivity contribution is -0.132. The normalized spacial score (nSPS) is 16.9. The highest BCUT2D eigenvalue weighted by Crippen LogP contribution is 2.14. The molecule has 1 aliphatic heterocycles. The number of aryl methyl sites for hydroxylation is 1. The number of nitrogens with one attached hydrogen (secondary N) is 1. The van der Waals surface area contributed by atoms with Crippen LogP contribution in [0.3, 0.4) is 0 Å². The number of aromatic nitrogens is 2. The Kier molecular flexibility index (Phi) is 5.17. The van der Waals surface area contributed by atoms with Gasteiger partial charge in [0.05, 0.1) is 0 Å². The van der Waals surface area contributed by atoms with Crippen LogP contribution >= 0.6 is 0 Å². The fraction of sp³-hybridized carbons (Fsp3) is 0.733. The molecule has 0 radical (unpaired) electrons. The van der Waals surface area contributed by atoms with Crippen LogP contribution in [0.25, 0.3) is 0 Å². The van der Waals surface area contributed by atoms with E-state index in [1.807, 2.05) is 24.3 Å². The van der Waals surface area contributed by atoms with Crippen LogP contribution in [-0.2, 0) is 11.2 Å². The van der Waals surface area contributed by atoms with Gasteiger partial charge in [0, 0.05) is 50.4 Å². The Morgan fingerprint density at radius 2 is 2.15 bits per heavy atom. The van der Waals surface area contributed by atoms with E-state index in [9.17, 15) is 4.79 Å². The minimum atomic E-state index is 0.262. The molecule has 1 N–H and O–H groups in total. The van der Waals surface area contributed by atoms with Crippen molar-refractivity contribution in [2.45, 2.75) is 51.6 Å². The van der Waals surface area contributed by atoms with Crippen molar-refractivity contribution >= 4 is 5.91 Å². The van der Waals surface area contributed by atoms with Gasteiger partial charge in [0.2, 0.25) is 5.91 Å². The van der Waals surface area contributed by atoms with Gasteiger partial charge in [0.25, 0.3) is 0 Å². The summed E-state index contributed by atoms with van der Waals surface area (Å²) in [5.41, 5.74) is 0. The Balaban J connectivity index is 1.82. The lowest BCUT2D eigenvalue weighted by atomic mass is 10.0. The van der Waals surface area contributed by atoms with Crippen molar-refractivity contribution in [3.8, 4) is 0 Å². The Labute approximate surface area is 121 Å². The van der Waals surface area contributed by atoms with Crippen LogP contribution in [0.15, 0.2) is 12.4 Å². The highest BCUT2D eigenvalue weighted by Gasteiger charge is 2.21. The summed E-state index contributed by atoms with van der Waals surface area (Å²) in [7, 11) is 1.99. The Morgan fingerprint density at radius 3 is 2.75 bits per heavy atom. The molecule has 0 saturated carbocycles. The van der Waals surface area contributed by atoms with Crippen molar-refractivity contribution in [2.75, 3.05) is 20.1 Å². The van der Waals surface area contributed by atoms with E-state index in [4.69, 9.17) is 0 Å². The van der Waals surface area contributed by atoms with Crippen molar-refractivity contribution in [2.24, 2.45) is 0 Å². The molecule has 1 aromatic rings. The second kappa shape index (κ2) is 6.88. The Morgan fingerprint density at radius 1 is 1.45 bits per heavy atom. The molecule has 112 valence electrons. The van der Waals surface area contributed by atoms with Gasteiger partial charge in [-0.25, -0.2) is 4.98 Å². The van der Waals surface area contributed by atoms with Crippen molar-refractivity contribution in [3.63, 3.8) is 0 Å². The number of amides is 1. The Hall–Kier alpha value is -1.36. The summed E-state index contributed by atoms with van der Waals surface area (Å²) < 4.78 is 2.14. The van der Waals surface area contributed by atoms with Gasteiger partial charge in [-0.05, 0) is 33.7 Å². The number of carbonyl (C=O) groups excluding carboxylic acids is 1. The second-order valence-electron chi connectivity index (χ2n) is 5.79. The average Bonchev–Trinajstić information content (AvgIpc) is 2.93. The minimum Gasteiger partial charge on any atom is -0.343 e. The van der Waals surface area contributed by atoms with Crippen molar-refractivity contribution in [1.82, 2.24) is 19.8 Å². The molecule has 1 saturated heterocycles. The number of nitrogens with zero attached hydrogens (tertiary/aromatic N) is 3. The summed E-state index contributed by atoms with van der Waals surface area (Å²) in [6.07, 6.45) is 7.22. The molecule has 2 heterocycles. The van der Waals surface area contributed by atoms with E-state index in [0.717, 1.165) is 38.2 Å². The van der Waals surface area contributed by atoms with E-state index in [1.54, 1.807) is 0 Å². The molecule has 2 rings (SSSR count). The fourth-order valence-corrected chi connectivity index (χ4v) is 2.80. The SMILES string of the molecule is CNC1CCN(C(=O)CCc2nccn2C(C)C)CC1. The summed E-state index contributed by atoms with van der Waals surface area (Å²) >= 11 is 0. The van der Waals surface area contributed by atoms with Crippen LogP contribution in [-0.4, -0.2) is 46.5 Å². The largest absolute Gasteiger partial charge is 0.343 e. The van der Waals surface area contributed by atoms with Crippen LogP contribution in [0.2, 0.25) is 0 Å². The van der Waals surface area contributed by atoms with E-state index in [1.165, 1.54) is 0 Å². The van der Waals surface area contributed by atoms with Gasteiger partial charge in [-0.3, -0.25) is 4.79 Å². The molecular formula is C15H26N4O. The van der Waals surface area contributed by atoms with Gasteiger partial charge in [0.1, 0.15) is 5.82 Å². The van der Waals surface area contributed by atoms with Gasteiger partial charge in [-0.1, -0.05) is 0 Å². The van der Waals surface area contributed by atoms with E-state index in [0.29, 0.717) is 18.5 Å². The van der Waals surface area contributed by atoms with E-state index in [2.05, 4.69) is 28.7 Å². The summed E-state index contributed by atoms with van der Waals surface area (Å²) in [6.45, 7) is 6.02. The highest BCUT2D eigenvalue weighted by molar-refractivity contribution is 5.76. The zero-order valence-electron chi connectivity index (χ0n) is 12.8. The van der Waals surface area contributed by atoms with E-state index < -0.39 is 0 Å². The number of carbonyl (C=O) groups is 1.